The third-order valence-corrected chi connectivity index (χ3v) is 3.42. The quantitative estimate of drug-likeness (QED) is 0.807. The SMILES string of the molecule is CCC(CC)CNc1cccc(-c2ccn[nH]2)c1. The van der Waals surface area contributed by atoms with E-state index in [1.54, 1.807) is 6.20 Å². The maximum absolute atomic E-state index is 3.98. The fourth-order valence-electron chi connectivity index (χ4n) is 2.05. The van der Waals surface area contributed by atoms with Crippen LogP contribution in [0.5, 0.6) is 0 Å². The van der Waals surface area contributed by atoms with Crippen molar-refractivity contribution in [2.24, 2.45) is 5.92 Å². The van der Waals surface area contributed by atoms with Crippen LogP contribution in [0.3, 0.4) is 0 Å². The summed E-state index contributed by atoms with van der Waals surface area (Å²) in [6, 6.07) is 10.4. The van der Waals surface area contributed by atoms with Gasteiger partial charge in [0.15, 0.2) is 0 Å². The van der Waals surface area contributed by atoms with Crippen LogP contribution in [0.25, 0.3) is 11.3 Å². The van der Waals surface area contributed by atoms with Crippen molar-refractivity contribution in [1.29, 1.82) is 0 Å². The summed E-state index contributed by atoms with van der Waals surface area (Å²) in [5.41, 5.74) is 3.40. The maximum atomic E-state index is 3.98. The Kier molecular flexibility index (Phi) is 4.40. The molecule has 0 aliphatic carbocycles. The van der Waals surface area contributed by atoms with Crippen LogP contribution in [0, 0.1) is 5.92 Å². The lowest BCUT2D eigenvalue weighted by atomic mass is 10.0. The van der Waals surface area contributed by atoms with Gasteiger partial charge in [0.1, 0.15) is 0 Å². The molecule has 2 rings (SSSR count). The van der Waals surface area contributed by atoms with Gasteiger partial charge < -0.3 is 5.32 Å². The minimum atomic E-state index is 0.751. The number of anilines is 1. The summed E-state index contributed by atoms with van der Waals surface area (Å²) >= 11 is 0. The first-order chi connectivity index (χ1) is 8.83. The maximum Gasteiger partial charge on any atom is 0.0650 e. The summed E-state index contributed by atoms with van der Waals surface area (Å²) in [6.45, 7) is 5.53. The molecule has 2 N–H and O–H groups in total. The Hall–Kier alpha value is -1.77. The Balaban J connectivity index is 2.04. The van der Waals surface area contributed by atoms with E-state index in [1.165, 1.54) is 24.1 Å². The van der Waals surface area contributed by atoms with E-state index >= 15 is 0 Å². The van der Waals surface area contributed by atoms with Crippen molar-refractivity contribution in [3.05, 3.63) is 36.5 Å². The Morgan fingerprint density at radius 3 is 2.72 bits per heavy atom. The van der Waals surface area contributed by atoms with Gasteiger partial charge in [0, 0.05) is 24.0 Å². The molecule has 18 heavy (non-hydrogen) atoms. The second-order valence-corrected chi connectivity index (χ2v) is 4.61. The standard InChI is InChI=1S/C15H21N3/c1-3-12(4-2)11-16-14-7-5-6-13(10-14)15-8-9-17-18-15/h5-10,12,16H,3-4,11H2,1-2H3,(H,17,18). The number of H-pyrrole nitrogens is 1. The predicted octanol–water partition coefficient (Wildman–Crippen LogP) is 3.92. The van der Waals surface area contributed by atoms with Gasteiger partial charge in [0.25, 0.3) is 0 Å². The second kappa shape index (κ2) is 6.24. The Bertz CT molecular complexity index is 458. The monoisotopic (exact) mass is 243 g/mol. The molecule has 0 spiro atoms. The molecule has 1 aromatic heterocycles. The van der Waals surface area contributed by atoms with Gasteiger partial charge in [-0.3, -0.25) is 5.10 Å². The molecule has 0 radical (unpaired) electrons. The zero-order valence-electron chi connectivity index (χ0n) is 11.1. The second-order valence-electron chi connectivity index (χ2n) is 4.61. The van der Waals surface area contributed by atoms with E-state index in [2.05, 4.69) is 53.6 Å². The van der Waals surface area contributed by atoms with Crippen molar-refractivity contribution >= 4 is 5.69 Å². The van der Waals surface area contributed by atoms with Crippen LogP contribution in [0.1, 0.15) is 26.7 Å². The predicted molar refractivity (Wildman–Crippen MR) is 76.6 cm³/mol. The van der Waals surface area contributed by atoms with E-state index in [0.29, 0.717) is 0 Å². The van der Waals surface area contributed by atoms with Gasteiger partial charge in [-0.25, -0.2) is 0 Å². The van der Waals surface area contributed by atoms with Crippen molar-refractivity contribution in [2.75, 3.05) is 11.9 Å². The zero-order valence-corrected chi connectivity index (χ0v) is 11.1. The average molecular weight is 243 g/mol. The average Bonchev–Trinajstić information content (AvgIpc) is 2.94. The fourth-order valence-corrected chi connectivity index (χ4v) is 2.05. The van der Waals surface area contributed by atoms with E-state index < -0.39 is 0 Å². The molecule has 0 saturated carbocycles. The number of hydrogen-bond acceptors (Lipinski definition) is 2. The molecule has 1 aromatic carbocycles. The first-order valence-corrected chi connectivity index (χ1v) is 6.67. The molecule has 0 aliphatic rings. The Labute approximate surface area is 109 Å². The van der Waals surface area contributed by atoms with Crippen LogP contribution >= 0.6 is 0 Å². The Morgan fingerprint density at radius 1 is 1.22 bits per heavy atom. The molecule has 96 valence electrons. The van der Waals surface area contributed by atoms with Gasteiger partial charge in [-0.1, -0.05) is 38.8 Å². The molecule has 0 saturated heterocycles. The molecule has 0 amide bonds. The lowest BCUT2D eigenvalue weighted by Crippen LogP contribution is -2.12. The first-order valence-electron chi connectivity index (χ1n) is 6.67. The smallest absolute Gasteiger partial charge is 0.0650 e. The van der Waals surface area contributed by atoms with Crippen LogP contribution in [0.4, 0.5) is 5.69 Å². The fraction of sp³-hybridized carbons (Fsp3) is 0.400. The largest absolute Gasteiger partial charge is 0.385 e. The highest BCUT2D eigenvalue weighted by molar-refractivity contribution is 5.64. The van der Waals surface area contributed by atoms with Gasteiger partial charge >= 0.3 is 0 Å². The minimum Gasteiger partial charge on any atom is -0.385 e. The highest BCUT2D eigenvalue weighted by atomic mass is 15.1. The van der Waals surface area contributed by atoms with E-state index in [4.69, 9.17) is 0 Å². The van der Waals surface area contributed by atoms with Crippen LogP contribution in [0.2, 0.25) is 0 Å². The molecule has 0 unspecified atom stereocenters. The Morgan fingerprint density at radius 2 is 2.06 bits per heavy atom. The third-order valence-electron chi connectivity index (χ3n) is 3.42. The van der Waals surface area contributed by atoms with Crippen molar-refractivity contribution < 1.29 is 0 Å². The molecule has 2 aromatic rings. The number of benzene rings is 1. The van der Waals surface area contributed by atoms with Gasteiger partial charge in [-0.15, -0.1) is 0 Å². The molecule has 0 bridgehead atoms. The molecule has 1 heterocycles. The number of nitrogens with zero attached hydrogens (tertiary/aromatic N) is 1. The van der Waals surface area contributed by atoms with Crippen molar-refractivity contribution in [1.82, 2.24) is 10.2 Å². The lowest BCUT2D eigenvalue weighted by Gasteiger charge is -2.14. The van der Waals surface area contributed by atoms with Crippen LogP contribution in [0.15, 0.2) is 36.5 Å². The van der Waals surface area contributed by atoms with E-state index in [9.17, 15) is 0 Å². The molecule has 3 nitrogen and oxygen atoms in total. The molecule has 0 aliphatic heterocycles. The first kappa shape index (κ1) is 12.7. The number of aromatic amines is 1. The molecule has 3 heteroatoms. The normalized spacial score (nSPS) is 10.8. The number of hydrogen-bond donors (Lipinski definition) is 2. The van der Waals surface area contributed by atoms with Crippen LogP contribution < -0.4 is 5.32 Å². The van der Waals surface area contributed by atoms with Crippen molar-refractivity contribution in [3.63, 3.8) is 0 Å². The zero-order chi connectivity index (χ0) is 12.8. The number of aromatic nitrogens is 2. The summed E-state index contributed by atoms with van der Waals surface area (Å²) in [5, 5.41) is 10.5. The summed E-state index contributed by atoms with van der Waals surface area (Å²) < 4.78 is 0. The van der Waals surface area contributed by atoms with Crippen molar-refractivity contribution in [2.45, 2.75) is 26.7 Å². The summed E-state index contributed by atoms with van der Waals surface area (Å²) in [4.78, 5) is 0. The van der Waals surface area contributed by atoms with Crippen molar-refractivity contribution in [3.8, 4) is 11.3 Å². The molecule has 0 atom stereocenters. The third kappa shape index (κ3) is 3.13. The molecule has 0 fully saturated rings. The number of rotatable bonds is 6. The van der Waals surface area contributed by atoms with E-state index in [0.717, 1.165) is 18.2 Å². The van der Waals surface area contributed by atoms with Gasteiger partial charge in [-0.05, 0) is 24.1 Å². The van der Waals surface area contributed by atoms with Crippen LogP contribution in [-0.4, -0.2) is 16.7 Å². The van der Waals surface area contributed by atoms with Gasteiger partial charge in [0.05, 0.1) is 5.69 Å². The van der Waals surface area contributed by atoms with E-state index in [-0.39, 0.29) is 0 Å². The topological polar surface area (TPSA) is 40.7 Å². The molecular formula is C15H21N3. The van der Waals surface area contributed by atoms with Gasteiger partial charge in [-0.2, -0.15) is 5.10 Å². The van der Waals surface area contributed by atoms with Crippen LogP contribution in [-0.2, 0) is 0 Å². The minimum absolute atomic E-state index is 0.751. The number of nitrogens with one attached hydrogen (secondary N) is 2. The highest BCUT2D eigenvalue weighted by Crippen LogP contribution is 2.20. The van der Waals surface area contributed by atoms with E-state index in [1.807, 2.05) is 6.07 Å². The summed E-state index contributed by atoms with van der Waals surface area (Å²) in [6.07, 6.45) is 4.23. The highest BCUT2D eigenvalue weighted by Gasteiger charge is 2.04. The molecular weight excluding hydrogens is 222 g/mol. The lowest BCUT2D eigenvalue weighted by molar-refractivity contribution is 0.519. The van der Waals surface area contributed by atoms with Gasteiger partial charge in [0.2, 0.25) is 0 Å². The summed E-state index contributed by atoms with van der Waals surface area (Å²) in [7, 11) is 0. The summed E-state index contributed by atoms with van der Waals surface area (Å²) in [5.74, 6) is 0.751.